The Labute approximate surface area is 171 Å². The van der Waals surface area contributed by atoms with Gasteiger partial charge in [0.15, 0.2) is 5.96 Å². The van der Waals surface area contributed by atoms with Gasteiger partial charge in [-0.05, 0) is 35.7 Å². The third-order valence-corrected chi connectivity index (χ3v) is 6.82. The summed E-state index contributed by atoms with van der Waals surface area (Å²) in [5.41, 5.74) is 1.34. The second-order valence-corrected chi connectivity index (χ2v) is 11.1. The molecule has 0 radical (unpaired) electrons. The number of benzene rings is 1. The van der Waals surface area contributed by atoms with Gasteiger partial charge in [-0.2, -0.15) is 0 Å². The predicted molar refractivity (Wildman–Crippen MR) is 119 cm³/mol. The van der Waals surface area contributed by atoms with Crippen LogP contribution in [-0.2, 0) is 9.84 Å². The molecule has 1 aromatic rings. The second kappa shape index (κ2) is 9.77. The van der Waals surface area contributed by atoms with E-state index in [1.807, 2.05) is 7.05 Å². The van der Waals surface area contributed by atoms with Gasteiger partial charge >= 0.3 is 0 Å². The second-order valence-electron chi connectivity index (χ2n) is 8.87. The van der Waals surface area contributed by atoms with Gasteiger partial charge < -0.3 is 10.2 Å². The van der Waals surface area contributed by atoms with Crippen LogP contribution in [0.2, 0.25) is 0 Å². The van der Waals surface area contributed by atoms with Crippen molar-refractivity contribution in [3.05, 3.63) is 35.9 Å². The van der Waals surface area contributed by atoms with Crippen LogP contribution in [0.15, 0.2) is 35.3 Å². The van der Waals surface area contributed by atoms with Gasteiger partial charge in [-0.1, -0.05) is 57.5 Å². The van der Waals surface area contributed by atoms with E-state index < -0.39 is 9.84 Å². The molecule has 0 bridgehead atoms. The van der Waals surface area contributed by atoms with Crippen molar-refractivity contribution in [2.75, 3.05) is 38.7 Å². The van der Waals surface area contributed by atoms with E-state index in [0.29, 0.717) is 24.8 Å². The van der Waals surface area contributed by atoms with E-state index >= 15 is 0 Å². The van der Waals surface area contributed by atoms with Gasteiger partial charge in [0.25, 0.3) is 0 Å². The maximum absolute atomic E-state index is 11.5. The summed E-state index contributed by atoms with van der Waals surface area (Å²) < 4.78 is 23.0. The van der Waals surface area contributed by atoms with Crippen molar-refractivity contribution < 1.29 is 8.42 Å². The van der Waals surface area contributed by atoms with Crippen LogP contribution >= 0.6 is 0 Å². The fourth-order valence-electron chi connectivity index (χ4n) is 3.98. The Balaban J connectivity index is 1.96. The molecular formula is C22H37N3O2S. The summed E-state index contributed by atoms with van der Waals surface area (Å²) >= 11 is 0. The molecule has 28 heavy (non-hydrogen) atoms. The van der Waals surface area contributed by atoms with Gasteiger partial charge in [0.2, 0.25) is 0 Å². The van der Waals surface area contributed by atoms with Gasteiger partial charge in [0, 0.05) is 32.9 Å². The Bertz CT molecular complexity index is 744. The van der Waals surface area contributed by atoms with Crippen LogP contribution in [0, 0.1) is 11.3 Å². The lowest BCUT2D eigenvalue weighted by Crippen LogP contribution is -2.50. The lowest BCUT2D eigenvalue weighted by atomic mass is 9.79. The van der Waals surface area contributed by atoms with E-state index in [4.69, 9.17) is 0 Å². The Kier molecular flexibility index (Phi) is 7.93. The van der Waals surface area contributed by atoms with Gasteiger partial charge in [-0.3, -0.25) is 4.99 Å². The van der Waals surface area contributed by atoms with Gasteiger partial charge in [-0.25, -0.2) is 8.42 Å². The molecule has 2 rings (SSSR count). The lowest BCUT2D eigenvalue weighted by molar-refractivity contribution is 0.213. The van der Waals surface area contributed by atoms with Crippen molar-refractivity contribution in [3.63, 3.8) is 0 Å². The highest BCUT2D eigenvalue weighted by Gasteiger charge is 2.31. The summed E-state index contributed by atoms with van der Waals surface area (Å²) in [6.45, 7) is 9.18. The molecule has 158 valence electrons. The maximum atomic E-state index is 11.5. The molecule has 0 aromatic heterocycles. The third kappa shape index (κ3) is 6.80. The standard InChI is InChI=1S/C22H37N3O2S/c1-6-18-16-25(14-12-20(18)19-10-8-7-9-11-19)21(23-4)24-17-22(2,3)13-15-28(5,26)27/h7-11,18,20H,6,12-17H2,1-5H3,(H,23,24). The summed E-state index contributed by atoms with van der Waals surface area (Å²) in [5, 5.41) is 3.50. The van der Waals surface area contributed by atoms with E-state index in [2.05, 4.69) is 66.3 Å². The highest BCUT2D eigenvalue weighted by atomic mass is 32.2. The Morgan fingerprint density at radius 2 is 1.96 bits per heavy atom. The minimum absolute atomic E-state index is 0.106. The molecule has 1 aliphatic rings. The minimum Gasteiger partial charge on any atom is -0.356 e. The van der Waals surface area contributed by atoms with E-state index in [9.17, 15) is 8.42 Å². The first-order chi connectivity index (χ1) is 13.1. The summed E-state index contributed by atoms with van der Waals surface area (Å²) in [6, 6.07) is 10.8. The molecule has 5 nitrogen and oxygen atoms in total. The molecule has 0 aliphatic carbocycles. The number of likely N-dealkylation sites (tertiary alicyclic amines) is 1. The molecule has 1 N–H and O–H groups in total. The molecule has 2 atom stereocenters. The van der Waals surface area contributed by atoms with Crippen LogP contribution in [-0.4, -0.2) is 58.0 Å². The number of rotatable bonds is 7. The molecule has 1 fully saturated rings. The molecule has 2 unspecified atom stereocenters. The first-order valence-corrected chi connectivity index (χ1v) is 12.4. The van der Waals surface area contributed by atoms with Crippen molar-refractivity contribution in [2.45, 2.75) is 46.0 Å². The average molecular weight is 408 g/mol. The van der Waals surface area contributed by atoms with Crippen LogP contribution in [0.25, 0.3) is 0 Å². The molecule has 0 amide bonds. The zero-order chi connectivity index (χ0) is 20.8. The molecule has 1 heterocycles. The van der Waals surface area contributed by atoms with E-state index in [1.165, 1.54) is 11.8 Å². The van der Waals surface area contributed by atoms with Crippen molar-refractivity contribution >= 4 is 15.8 Å². The van der Waals surface area contributed by atoms with Crippen molar-refractivity contribution in [1.82, 2.24) is 10.2 Å². The molecule has 0 saturated carbocycles. The number of hydrogen-bond donors (Lipinski definition) is 1. The largest absolute Gasteiger partial charge is 0.356 e. The van der Waals surface area contributed by atoms with E-state index in [1.54, 1.807) is 0 Å². The summed E-state index contributed by atoms with van der Waals surface area (Å²) in [5.74, 6) is 2.36. The van der Waals surface area contributed by atoms with Crippen LogP contribution < -0.4 is 5.32 Å². The number of hydrogen-bond acceptors (Lipinski definition) is 3. The molecule has 6 heteroatoms. The third-order valence-electron chi connectivity index (χ3n) is 5.87. The average Bonchev–Trinajstić information content (AvgIpc) is 2.67. The van der Waals surface area contributed by atoms with Crippen molar-refractivity contribution in [1.29, 1.82) is 0 Å². The Morgan fingerprint density at radius 3 is 2.54 bits per heavy atom. The Morgan fingerprint density at radius 1 is 1.29 bits per heavy atom. The first kappa shape index (κ1) is 22.7. The number of aliphatic imine (C=N–C) groups is 1. The van der Waals surface area contributed by atoms with Gasteiger partial charge in [0.05, 0.1) is 5.75 Å². The van der Waals surface area contributed by atoms with Crippen molar-refractivity contribution in [2.24, 2.45) is 16.3 Å². The smallest absolute Gasteiger partial charge is 0.193 e. The van der Waals surface area contributed by atoms with Crippen LogP contribution in [0.4, 0.5) is 0 Å². The topological polar surface area (TPSA) is 61.8 Å². The lowest BCUT2D eigenvalue weighted by Gasteiger charge is -2.40. The zero-order valence-electron chi connectivity index (χ0n) is 18.1. The van der Waals surface area contributed by atoms with E-state index in [0.717, 1.165) is 31.9 Å². The van der Waals surface area contributed by atoms with Gasteiger partial charge in [0.1, 0.15) is 9.84 Å². The molecular weight excluding hydrogens is 370 g/mol. The molecule has 1 aromatic carbocycles. The number of nitrogens with zero attached hydrogens (tertiary/aromatic N) is 2. The minimum atomic E-state index is -2.93. The van der Waals surface area contributed by atoms with Crippen LogP contribution in [0.5, 0.6) is 0 Å². The first-order valence-electron chi connectivity index (χ1n) is 10.3. The Hall–Kier alpha value is -1.56. The number of piperidine rings is 1. The SMILES string of the molecule is CCC1CN(C(=NC)NCC(C)(C)CCS(C)(=O)=O)CCC1c1ccccc1. The molecule has 1 aliphatic heterocycles. The van der Waals surface area contributed by atoms with Gasteiger partial charge in [-0.15, -0.1) is 0 Å². The van der Waals surface area contributed by atoms with Crippen molar-refractivity contribution in [3.8, 4) is 0 Å². The maximum Gasteiger partial charge on any atom is 0.193 e. The summed E-state index contributed by atoms with van der Waals surface area (Å²) in [4.78, 5) is 6.86. The zero-order valence-corrected chi connectivity index (χ0v) is 18.9. The van der Waals surface area contributed by atoms with Crippen LogP contribution in [0.1, 0.15) is 51.5 Å². The fraction of sp³-hybridized carbons (Fsp3) is 0.682. The normalized spacial score (nSPS) is 21.6. The number of nitrogens with one attached hydrogen (secondary N) is 1. The number of sulfone groups is 1. The molecule has 1 saturated heterocycles. The highest BCUT2D eigenvalue weighted by molar-refractivity contribution is 7.90. The summed E-state index contributed by atoms with van der Waals surface area (Å²) in [7, 11) is -1.10. The summed E-state index contributed by atoms with van der Waals surface area (Å²) in [6.07, 6.45) is 4.22. The van der Waals surface area contributed by atoms with Crippen LogP contribution in [0.3, 0.4) is 0 Å². The molecule has 0 spiro atoms. The quantitative estimate of drug-likeness (QED) is 0.555. The predicted octanol–water partition coefficient (Wildman–Crippen LogP) is 3.54. The monoisotopic (exact) mass is 407 g/mol. The highest BCUT2D eigenvalue weighted by Crippen LogP contribution is 2.34. The van der Waals surface area contributed by atoms with E-state index in [-0.39, 0.29) is 11.2 Å². The fourth-order valence-corrected chi connectivity index (χ4v) is 4.90. The number of guanidine groups is 1.